The van der Waals surface area contributed by atoms with Gasteiger partial charge in [-0.3, -0.25) is 0 Å². The van der Waals surface area contributed by atoms with Crippen LogP contribution in [0.15, 0.2) is 36.9 Å². The summed E-state index contributed by atoms with van der Waals surface area (Å²) in [5.74, 6) is -0.418. The molecule has 18 heavy (non-hydrogen) atoms. The first kappa shape index (κ1) is 12.9. The molecule has 0 bridgehead atoms. The van der Waals surface area contributed by atoms with Crippen LogP contribution in [0.1, 0.15) is 12.0 Å². The van der Waals surface area contributed by atoms with Gasteiger partial charge < -0.3 is 14.0 Å². The quantitative estimate of drug-likeness (QED) is 0.452. The minimum absolute atomic E-state index is 0.248. The van der Waals surface area contributed by atoms with E-state index in [9.17, 15) is 4.79 Å². The molecule has 2 rings (SSSR count). The standard InChI is InChI=1S/C13H15BO4/c1-2-13(15)16-10-11-4-6-12(7-5-11)14-17-8-3-9-18-14/h2,4-7H,1,3,8-10H2. The molecular weight excluding hydrogens is 231 g/mol. The summed E-state index contributed by atoms with van der Waals surface area (Å²) in [5, 5.41) is 0. The molecule has 0 unspecified atom stereocenters. The molecule has 0 atom stereocenters. The minimum Gasteiger partial charge on any atom is -0.458 e. The van der Waals surface area contributed by atoms with E-state index in [0.717, 1.165) is 36.7 Å². The largest absolute Gasteiger partial charge is 0.493 e. The molecule has 1 saturated heterocycles. The summed E-state index contributed by atoms with van der Waals surface area (Å²) in [6.45, 7) is 5.04. The Balaban J connectivity index is 1.92. The van der Waals surface area contributed by atoms with Crippen molar-refractivity contribution < 1.29 is 18.8 Å². The first-order valence-electron chi connectivity index (χ1n) is 5.91. The molecule has 1 aliphatic rings. The number of hydrogen-bond donors (Lipinski definition) is 0. The third kappa shape index (κ3) is 3.45. The maximum atomic E-state index is 10.9. The zero-order valence-corrected chi connectivity index (χ0v) is 10.1. The monoisotopic (exact) mass is 246 g/mol. The maximum Gasteiger partial charge on any atom is 0.493 e. The molecule has 0 N–H and O–H groups in total. The molecule has 0 amide bonds. The van der Waals surface area contributed by atoms with Crippen LogP contribution in [0.25, 0.3) is 0 Å². The Morgan fingerprint density at radius 1 is 1.33 bits per heavy atom. The van der Waals surface area contributed by atoms with Crippen molar-refractivity contribution in [2.75, 3.05) is 13.2 Å². The predicted molar refractivity (Wildman–Crippen MR) is 68.3 cm³/mol. The molecule has 4 nitrogen and oxygen atoms in total. The Bertz CT molecular complexity index is 410. The van der Waals surface area contributed by atoms with E-state index >= 15 is 0 Å². The lowest BCUT2D eigenvalue weighted by Crippen LogP contribution is -2.40. The van der Waals surface area contributed by atoms with Gasteiger partial charge >= 0.3 is 13.1 Å². The molecule has 1 aromatic carbocycles. The van der Waals surface area contributed by atoms with E-state index in [4.69, 9.17) is 14.0 Å². The Labute approximate surface area is 107 Å². The van der Waals surface area contributed by atoms with Crippen LogP contribution >= 0.6 is 0 Å². The minimum atomic E-state index is -0.418. The Morgan fingerprint density at radius 3 is 2.61 bits per heavy atom. The van der Waals surface area contributed by atoms with Gasteiger partial charge in [0, 0.05) is 19.3 Å². The average molecular weight is 246 g/mol. The van der Waals surface area contributed by atoms with Crippen molar-refractivity contribution in [3.63, 3.8) is 0 Å². The van der Waals surface area contributed by atoms with Gasteiger partial charge in [-0.1, -0.05) is 30.8 Å². The van der Waals surface area contributed by atoms with Crippen molar-refractivity contribution in [3.05, 3.63) is 42.5 Å². The van der Waals surface area contributed by atoms with E-state index in [2.05, 4.69) is 6.58 Å². The predicted octanol–water partition coefficient (Wildman–Crippen LogP) is 1.05. The van der Waals surface area contributed by atoms with Crippen molar-refractivity contribution >= 4 is 18.6 Å². The summed E-state index contributed by atoms with van der Waals surface area (Å²) in [5.41, 5.74) is 1.90. The Kier molecular flexibility index (Phi) is 4.56. The highest BCUT2D eigenvalue weighted by molar-refractivity contribution is 6.61. The van der Waals surface area contributed by atoms with E-state index in [-0.39, 0.29) is 13.7 Å². The molecule has 1 aliphatic heterocycles. The molecular formula is C13H15BO4. The Hall–Kier alpha value is -1.59. The van der Waals surface area contributed by atoms with Gasteiger partial charge in [-0.2, -0.15) is 0 Å². The van der Waals surface area contributed by atoms with Crippen molar-refractivity contribution in [2.45, 2.75) is 13.0 Å². The van der Waals surface area contributed by atoms with Gasteiger partial charge in [-0.25, -0.2) is 4.79 Å². The van der Waals surface area contributed by atoms with E-state index in [1.54, 1.807) is 0 Å². The van der Waals surface area contributed by atoms with Gasteiger partial charge in [0.2, 0.25) is 0 Å². The van der Waals surface area contributed by atoms with Gasteiger partial charge in [0.1, 0.15) is 6.61 Å². The van der Waals surface area contributed by atoms with E-state index in [1.807, 2.05) is 24.3 Å². The van der Waals surface area contributed by atoms with Crippen LogP contribution in [0.4, 0.5) is 0 Å². The Morgan fingerprint density at radius 2 is 2.00 bits per heavy atom. The highest BCUT2D eigenvalue weighted by Gasteiger charge is 2.23. The third-order valence-corrected chi connectivity index (χ3v) is 2.63. The SMILES string of the molecule is C=CC(=O)OCc1ccc(B2OCCCO2)cc1. The first-order valence-corrected chi connectivity index (χ1v) is 5.91. The van der Waals surface area contributed by atoms with E-state index in [0.29, 0.717) is 0 Å². The van der Waals surface area contributed by atoms with Gasteiger partial charge in [-0.15, -0.1) is 0 Å². The second-order valence-corrected chi connectivity index (χ2v) is 3.98. The number of carbonyl (C=O) groups is 1. The lowest BCUT2D eigenvalue weighted by molar-refractivity contribution is -0.138. The lowest BCUT2D eigenvalue weighted by Gasteiger charge is -2.19. The molecule has 5 heteroatoms. The molecule has 0 saturated carbocycles. The fourth-order valence-corrected chi connectivity index (χ4v) is 1.66. The fourth-order valence-electron chi connectivity index (χ4n) is 1.66. The van der Waals surface area contributed by atoms with Crippen LogP contribution in [-0.2, 0) is 25.4 Å². The molecule has 1 heterocycles. The molecule has 0 radical (unpaired) electrons. The molecule has 94 valence electrons. The summed E-state index contributed by atoms with van der Waals surface area (Å²) >= 11 is 0. The number of rotatable bonds is 4. The zero-order valence-electron chi connectivity index (χ0n) is 10.1. The maximum absolute atomic E-state index is 10.9. The summed E-state index contributed by atoms with van der Waals surface area (Å²) in [6, 6.07) is 7.64. The highest BCUT2D eigenvalue weighted by atomic mass is 16.6. The molecule has 1 fully saturated rings. The normalized spacial score (nSPS) is 15.2. The first-order chi connectivity index (χ1) is 8.79. The van der Waals surface area contributed by atoms with Crippen LogP contribution in [-0.4, -0.2) is 26.3 Å². The van der Waals surface area contributed by atoms with Crippen LogP contribution in [0, 0.1) is 0 Å². The zero-order chi connectivity index (χ0) is 12.8. The summed E-state index contributed by atoms with van der Waals surface area (Å²) in [7, 11) is -0.275. The van der Waals surface area contributed by atoms with Crippen LogP contribution in [0.5, 0.6) is 0 Å². The molecule has 0 aliphatic carbocycles. The number of esters is 1. The summed E-state index contributed by atoms with van der Waals surface area (Å²) in [6.07, 6.45) is 2.09. The fraction of sp³-hybridized carbons (Fsp3) is 0.308. The number of carbonyl (C=O) groups excluding carboxylic acids is 1. The number of hydrogen-bond acceptors (Lipinski definition) is 4. The molecule has 1 aromatic rings. The van der Waals surface area contributed by atoms with Crippen LogP contribution in [0.3, 0.4) is 0 Å². The smallest absolute Gasteiger partial charge is 0.458 e. The topological polar surface area (TPSA) is 44.8 Å². The van der Waals surface area contributed by atoms with Crippen molar-refractivity contribution in [3.8, 4) is 0 Å². The lowest BCUT2D eigenvalue weighted by atomic mass is 9.78. The average Bonchev–Trinajstić information content (AvgIpc) is 2.46. The molecule has 0 spiro atoms. The highest BCUT2D eigenvalue weighted by Crippen LogP contribution is 2.05. The summed E-state index contributed by atoms with van der Waals surface area (Å²) < 4.78 is 15.9. The van der Waals surface area contributed by atoms with Crippen LogP contribution in [0.2, 0.25) is 0 Å². The van der Waals surface area contributed by atoms with E-state index in [1.165, 1.54) is 0 Å². The van der Waals surface area contributed by atoms with Gasteiger partial charge in [-0.05, 0) is 17.4 Å². The van der Waals surface area contributed by atoms with Crippen molar-refractivity contribution in [1.29, 1.82) is 0 Å². The second kappa shape index (κ2) is 6.38. The van der Waals surface area contributed by atoms with Crippen molar-refractivity contribution in [1.82, 2.24) is 0 Å². The van der Waals surface area contributed by atoms with Gasteiger partial charge in [0.05, 0.1) is 0 Å². The van der Waals surface area contributed by atoms with Gasteiger partial charge in [0.25, 0.3) is 0 Å². The van der Waals surface area contributed by atoms with Crippen molar-refractivity contribution in [2.24, 2.45) is 0 Å². The summed E-state index contributed by atoms with van der Waals surface area (Å²) in [4.78, 5) is 10.9. The van der Waals surface area contributed by atoms with E-state index < -0.39 is 5.97 Å². The van der Waals surface area contributed by atoms with Crippen LogP contribution < -0.4 is 5.46 Å². The van der Waals surface area contributed by atoms with Gasteiger partial charge in [0.15, 0.2) is 0 Å². The second-order valence-electron chi connectivity index (χ2n) is 3.98. The third-order valence-electron chi connectivity index (χ3n) is 2.63. The number of ether oxygens (including phenoxy) is 1. The molecule has 0 aromatic heterocycles. The number of benzene rings is 1.